The van der Waals surface area contributed by atoms with E-state index >= 15 is 0 Å². The van der Waals surface area contributed by atoms with Gasteiger partial charge in [0, 0.05) is 24.2 Å². The lowest BCUT2D eigenvalue weighted by atomic mass is 10.1. The van der Waals surface area contributed by atoms with E-state index in [9.17, 15) is 15.0 Å². The van der Waals surface area contributed by atoms with Crippen LogP contribution in [-0.2, 0) is 0 Å². The summed E-state index contributed by atoms with van der Waals surface area (Å²) in [4.78, 5) is 13.5. The number of hydrogen-bond donors (Lipinski definition) is 3. The van der Waals surface area contributed by atoms with E-state index in [-0.39, 0.29) is 25.6 Å². The van der Waals surface area contributed by atoms with Gasteiger partial charge in [-0.15, -0.1) is 0 Å². The number of aliphatic hydroxyl groups excluding tert-OH is 3. The maximum absolute atomic E-state index is 12.1. The van der Waals surface area contributed by atoms with Crippen LogP contribution >= 0.6 is 0 Å². The second-order valence-corrected chi connectivity index (χ2v) is 4.38. The topological polar surface area (TPSA) is 81.0 Å². The number of amides is 1. The summed E-state index contributed by atoms with van der Waals surface area (Å²) in [6.07, 6.45) is -1.75. The maximum atomic E-state index is 12.1. The van der Waals surface area contributed by atoms with Crippen LogP contribution in [0.15, 0.2) is 24.3 Å². The van der Waals surface area contributed by atoms with E-state index in [0.29, 0.717) is 11.1 Å². The molecule has 2 unspecified atom stereocenters. The Bertz CT molecular complexity index is 504. The second-order valence-electron chi connectivity index (χ2n) is 4.38. The van der Waals surface area contributed by atoms with Gasteiger partial charge in [-0.25, -0.2) is 0 Å². The van der Waals surface area contributed by atoms with Gasteiger partial charge < -0.3 is 20.2 Å². The third-order valence-electron chi connectivity index (χ3n) is 2.99. The summed E-state index contributed by atoms with van der Waals surface area (Å²) < 4.78 is 0. The van der Waals surface area contributed by atoms with Gasteiger partial charge in [0.25, 0.3) is 5.91 Å². The van der Waals surface area contributed by atoms with E-state index in [1.807, 2.05) is 0 Å². The van der Waals surface area contributed by atoms with Crippen LogP contribution in [0.1, 0.15) is 15.9 Å². The molecule has 1 aromatic carbocycles. The average molecular weight is 261 g/mol. The number of benzene rings is 1. The predicted octanol–water partition coefficient (Wildman–Crippen LogP) is -0.792. The Morgan fingerprint density at radius 2 is 1.79 bits per heavy atom. The van der Waals surface area contributed by atoms with Crippen LogP contribution in [0.25, 0.3) is 0 Å². The lowest BCUT2D eigenvalue weighted by Gasteiger charge is -2.15. The minimum atomic E-state index is -0.876. The van der Waals surface area contributed by atoms with Crippen LogP contribution in [0, 0.1) is 11.8 Å². The molecule has 0 bridgehead atoms. The molecule has 0 spiro atoms. The summed E-state index contributed by atoms with van der Waals surface area (Å²) in [5, 5.41) is 27.4. The van der Waals surface area contributed by atoms with Crippen molar-refractivity contribution in [1.82, 2.24) is 4.90 Å². The van der Waals surface area contributed by atoms with E-state index in [2.05, 4.69) is 11.8 Å². The van der Waals surface area contributed by atoms with E-state index in [1.165, 1.54) is 4.90 Å². The molecule has 3 N–H and O–H groups in total. The number of carbonyl (C=O) groups excluding carboxylic acids is 1. The molecule has 100 valence electrons. The maximum Gasteiger partial charge on any atom is 0.254 e. The van der Waals surface area contributed by atoms with Crippen LogP contribution in [0.3, 0.4) is 0 Å². The fourth-order valence-corrected chi connectivity index (χ4v) is 1.96. The van der Waals surface area contributed by atoms with Gasteiger partial charge in [0.1, 0.15) is 6.61 Å². The van der Waals surface area contributed by atoms with Crippen molar-refractivity contribution in [2.75, 3.05) is 19.7 Å². The van der Waals surface area contributed by atoms with Gasteiger partial charge in [0.2, 0.25) is 0 Å². The summed E-state index contributed by atoms with van der Waals surface area (Å²) in [7, 11) is 0. The molecule has 2 atom stereocenters. The van der Waals surface area contributed by atoms with Crippen molar-refractivity contribution >= 4 is 5.91 Å². The van der Waals surface area contributed by atoms with Gasteiger partial charge in [-0.1, -0.05) is 11.8 Å². The number of aliphatic hydroxyl groups is 3. The number of likely N-dealkylation sites (tertiary alicyclic amines) is 1. The third-order valence-corrected chi connectivity index (χ3v) is 2.99. The van der Waals surface area contributed by atoms with Gasteiger partial charge in [0.15, 0.2) is 0 Å². The summed E-state index contributed by atoms with van der Waals surface area (Å²) in [5.41, 5.74) is 1.20. The Morgan fingerprint density at radius 1 is 1.21 bits per heavy atom. The van der Waals surface area contributed by atoms with Gasteiger partial charge >= 0.3 is 0 Å². The molecule has 1 aliphatic rings. The first-order valence-electron chi connectivity index (χ1n) is 5.97. The standard InChI is InChI=1S/C14H15NO4/c16-7-1-2-10-3-5-11(6-4-10)14(19)15-8-12(17)13(18)9-15/h3-6,12-13,16-18H,7-9H2. The number of nitrogens with zero attached hydrogens (tertiary/aromatic N) is 1. The molecule has 0 aromatic heterocycles. The molecular weight excluding hydrogens is 246 g/mol. The largest absolute Gasteiger partial charge is 0.388 e. The zero-order chi connectivity index (χ0) is 13.8. The molecule has 2 rings (SSSR count). The molecule has 1 fully saturated rings. The average Bonchev–Trinajstić information content (AvgIpc) is 2.76. The SMILES string of the molecule is O=C(c1ccc(C#CCO)cc1)N1CC(O)C(O)C1. The highest BCUT2D eigenvalue weighted by atomic mass is 16.3. The first kappa shape index (κ1) is 13.6. The van der Waals surface area contributed by atoms with E-state index < -0.39 is 12.2 Å². The van der Waals surface area contributed by atoms with Gasteiger partial charge in [-0.2, -0.15) is 0 Å². The highest BCUT2D eigenvalue weighted by Crippen LogP contribution is 2.14. The molecule has 5 nitrogen and oxygen atoms in total. The fraction of sp³-hybridized carbons (Fsp3) is 0.357. The monoisotopic (exact) mass is 261 g/mol. The van der Waals surface area contributed by atoms with Crippen LogP contribution in [0.5, 0.6) is 0 Å². The van der Waals surface area contributed by atoms with E-state index in [0.717, 1.165) is 0 Å². The molecule has 0 saturated carbocycles. The summed E-state index contributed by atoms with van der Waals surface area (Å²) >= 11 is 0. The number of carbonyl (C=O) groups is 1. The van der Waals surface area contributed by atoms with Crippen molar-refractivity contribution in [3.8, 4) is 11.8 Å². The Kier molecular flexibility index (Phi) is 4.17. The zero-order valence-corrected chi connectivity index (χ0v) is 10.3. The molecule has 1 aliphatic heterocycles. The highest BCUT2D eigenvalue weighted by molar-refractivity contribution is 5.94. The zero-order valence-electron chi connectivity index (χ0n) is 10.3. The predicted molar refractivity (Wildman–Crippen MR) is 68.3 cm³/mol. The Hall–Kier alpha value is -1.87. The molecule has 1 aromatic rings. The molecule has 19 heavy (non-hydrogen) atoms. The molecule has 0 aliphatic carbocycles. The van der Waals surface area contributed by atoms with Crippen LogP contribution in [-0.4, -0.2) is 58.0 Å². The lowest BCUT2D eigenvalue weighted by molar-refractivity contribution is 0.0572. The normalized spacial score (nSPS) is 21.9. The van der Waals surface area contributed by atoms with E-state index in [1.54, 1.807) is 24.3 Å². The quantitative estimate of drug-likeness (QED) is 0.579. The first-order chi connectivity index (χ1) is 9.11. The molecule has 1 saturated heterocycles. The highest BCUT2D eigenvalue weighted by Gasteiger charge is 2.32. The Labute approximate surface area is 111 Å². The van der Waals surface area contributed by atoms with Gasteiger partial charge in [-0.05, 0) is 24.3 Å². The summed E-state index contributed by atoms with van der Waals surface area (Å²) in [6.45, 7) is 0.0857. The summed E-state index contributed by atoms with van der Waals surface area (Å²) in [5.74, 6) is 5.04. The summed E-state index contributed by atoms with van der Waals surface area (Å²) in [6, 6.07) is 6.67. The van der Waals surface area contributed by atoms with Crippen molar-refractivity contribution < 1.29 is 20.1 Å². The minimum absolute atomic E-state index is 0.145. The molecule has 1 amide bonds. The van der Waals surface area contributed by atoms with Crippen molar-refractivity contribution in [3.05, 3.63) is 35.4 Å². The van der Waals surface area contributed by atoms with E-state index in [4.69, 9.17) is 5.11 Å². The Morgan fingerprint density at radius 3 is 2.32 bits per heavy atom. The van der Waals surface area contributed by atoms with Crippen molar-refractivity contribution in [2.24, 2.45) is 0 Å². The molecule has 1 heterocycles. The van der Waals surface area contributed by atoms with Crippen LogP contribution in [0.2, 0.25) is 0 Å². The molecule has 5 heteroatoms. The molecular formula is C14H15NO4. The van der Waals surface area contributed by atoms with Gasteiger partial charge in [0.05, 0.1) is 12.2 Å². The van der Waals surface area contributed by atoms with Gasteiger partial charge in [-0.3, -0.25) is 4.79 Å². The van der Waals surface area contributed by atoms with Crippen molar-refractivity contribution in [2.45, 2.75) is 12.2 Å². The van der Waals surface area contributed by atoms with Crippen molar-refractivity contribution in [3.63, 3.8) is 0 Å². The minimum Gasteiger partial charge on any atom is -0.388 e. The number of β-amino-alcohol motifs (C(OH)–C–C–N with tert-alkyl or cyclic N) is 2. The first-order valence-corrected chi connectivity index (χ1v) is 5.97. The number of rotatable bonds is 1. The Balaban J connectivity index is 2.08. The smallest absolute Gasteiger partial charge is 0.254 e. The van der Waals surface area contributed by atoms with Crippen molar-refractivity contribution in [1.29, 1.82) is 0 Å². The van der Waals surface area contributed by atoms with Crippen LogP contribution in [0.4, 0.5) is 0 Å². The number of hydrogen-bond acceptors (Lipinski definition) is 4. The fourth-order valence-electron chi connectivity index (χ4n) is 1.96. The molecule has 0 radical (unpaired) electrons. The third kappa shape index (κ3) is 3.12. The second kappa shape index (κ2) is 5.85. The van der Waals surface area contributed by atoms with Crippen LogP contribution < -0.4 is 0 Å². The lowest BCUT2D eigenvalue weighted by Crippen LogP contribution is -2.29.